The third-order valence-corrected chi connectivity index (χ3v) is 3.65. The Hall–Kier alpha value is -1.44. The minimum atomic E-state index is -2.90. The largest absolute Gasteiger partial charge is 0.493 e. The molecule has 1 heterocycles. The molecule has 0 bridgehead atoms. The number of aliphatic hydroxyl groups is 1. The first kappa shape index (κ1) is 16.9. The van der Waals surface area contributed by atoms with Crippen LogP contribution in [0.15, 0.2) is 18.2 Å². The number of alkyl halides is 2. The van der Waals surface area contributed by atoms with Crippen LogP contribution in [0.5, 0.6) is 11.5 Å². The van der Waals surface area contributed by atoms with E-state index in [1.807, 2.05) is 0 Å². The van der Waals surface area contributed by atoms with Crippen molar-refractivity contribution in [1.29, 1.82) is 0 Å². The Balaban J connectivity index is 1.92. The molecule has 2 rings (SSSR count). The second-order valence-corrected chi connectivity index (χ2v) is 5.30. The lowest BCUT2D eigenvalue weighted by molar-refractivity contribution is -0.0617. The predicted molar refractivity (Wildman–Crippen MR) is 76.3 cm³/mol. The number of ether oxygens (including phenoxy) is 3. The molecule has 124 valence electrons. The van der Waals surface area contributed by atoms with Crippen molar-refractivity contribution in [1.82, 2.24) is 5.32 Å². The molecule has 1 aliphatic heterocycles. The average Bonchev–Trinajstić information content (AvgIpc) is 2.47. The van der Waals surface area contributed by atoms with E-state index in [0.29, 0.717) is 39.1 Å². The van der Waals surface area contributed by atoms with Crippen LogP contribution in [-0.2, 0) is 11.3 Å². The highest BCUT2D eigenvalue weighted by Gasteiger charge is 2.29. The summed E-state index contributed by atoms with van der Waals surface area (Å²) in [5.74, 6) is 0.258. The Morgan fingerprint density at radius 3 is 2.68 bits per heavy atom. The molecule has 1 aliphatic rings. The molecular formula is C15H21F2NO4. The molecule has 0 spiro atoms. The molecule has 5 nitrogen and oxygen atoms in total. The first-order valence-electron chi connectivity index (χ1n) is 7.15. The van der Waals surface area contributed by atoms with Gasteiger partial charge in [0.15, 0.2) is 11.5 Å². The van der Waals surface area contributed by atoms with Gasteiger partial charge in [-0.2, -0.15) is 8.78 Å². The quantitative estimate of drug-likeness (QED) is 0.805. The number of benzene rings is 1. The number of halogens is 2. The maximum Gasteiger partial charge on any atom is 0.387 e. The van der Waals surface area contributed by atoms with E-state index in [9.17, 15) is 13.9 Å². The van der Waals surface area contributed by atoms with Gasteiger partial charge in [-0.15, -0.1) is 0 Å². The standard InChI is InChI=1S/C15H21F2NO4/c1-20-12-3-2-11(8-13(12)22-14(16)17)9-18-10-15(19)4-6-21-7-5-15/h2-3,8,14,18-19H,4-7,9-10H2,1H3. The molecule has 0 amide bonds. The highest BCUT2D eigenvalue weighted by Crippen LogP contribution is 2.29. The highest BCUT2D eigenvalue weighted by atomic mass is 19.3. The summed E-state index contributed by atoms with van der Waals surface area (Å²) in [7, 11) is 1.40. The molecule has 0 aliphatic carbocycles. The molecule has 2 N–H and O–H groups in total. The van der Waals surface area contributed by atoms with Gasteiger partial charge in [-0.3, -0.25) is 0 Å². The molecule has 1 fully saturated rings. The molecule has 0 atom stereocenters. The van der Waals surface area contributed by atoms with Crippen LogP contribution in [0.25, 0.3) is 0 Å². The smallest absolute Gasteiger partial charge is 0.387 e. The summed E-state index contributed by atoms with van der Waals surface area (Å²) in [6.45, 7) is -0.944. The molecule has 1 saturated heterocycles. The maximum absolute atomic E-state index is 12.4. The van der Waals surface area contributed by atoms with E-state index in [4.69, 9.17) is 9.47 Å². The molecule has 1 aromatic rings. The zero-order valence-corrected chi connectivity index (χ0v) is 12.5. The van der Waals surface area contributed by atoms with Crippen LogP contribution in [0.1, 0.15) is 18.4 Å². The van der Waals surface area contributed by atoms with E-state index in [1.54, 1.807) is 12.1 Å². The zero-order valence-electron chi connectivity index (χ0n) is 12.5. The fourth-order valence-electron chi connectivity index (χ4n) is 2.39. The molecule has 0 radical (unpaired) electrons. The van der Waals surface area contributed by atoms with Gasteiger partial charge in [-0.1, -0.05) is 6.07 Å². The number of rotatable bonds is 7. The van der Waals surface area contributed by atoms with Crippen molar-refractivity contribution in [2.75, 3.05) is 26.9 Å². The van der Waals surface area contributed by atoms with Gasteiger partial charge in [0, 0.05) is 39.1 Å². The van der Waals surface area contributed by atoms with Crippen molar-refractivity contribution < 1.29 is 28.1 Å². The van der Waals surface area contributed by atoms with Gasteiger partial charge in [0.05, 0.1) is 12.7 Å². The molecule has 0 aromatic heterocycles. The number of hydrogen-bond donors (Lipinski definition) is 2. The second-order valence-electron chi connectivity index (χ2n) is 5.30. The Bertz CT molecular complexity index is 479. The van der Waals surface area contributed by atoms with Gasteiger partial charge in [0.1, 0.15) is 0 Å². The minimum Gasteiger partial charge on any atom is -0.493 e. The summed E-state index contributed by atoms with van der Waals surface area (Å²) < 4.78 is 39.4. The van der Waals surface area contributed by atoms with Crippen LogP contribution < -0.4 is 14.8 Å². The summed E-state index contributed by atoms with van der Waals surface area (Å²) in [6, 6.07) is 4.85. The molecule has 0 unspecified atom stereocenters. The summed E-state index contributed by atoms with van der Waals surface area (Å²) in [5.41, 5.74) is -0.000339. The molecule has 7 heteroatoms. The summed E-state index contributed by atoms with van der Waals surface area (Å²) in [6.07, 6.45) is 1.17. The number of methoxy groups -OCH3 is 1. The number of nitrogens with one attached hydrogen (secondary N) is 1. The normalized spacial score (nSPS) is 17.5. The first-order chi connectivity index (χ1) is 10.5. The van der Waals surface area contributed by atoms with Gasteiger partial charge < -0.3 is 24.6 Å². The van der Waals surface area contributed by atoms with E-state index in [0.717, 1.165) is 5.56 Å². The Kier molecular flexibility index (Phi) is 5.93. The van der Waals surface area contributed by atoms with Gasteiger partial charge in [0.2, 0.25) is 0 Å². The van der Waals surface area contributed by atoms with Crippen molar-refractivity contribution in [3.05, 3.63) is 23.8 Å². The average molecular weight is 317 g/mol. The fraction of sp³-hybridized carbons (Fsp3) is 0.600. The van der Waals surface area contributed by atoms with Crippen molar-refractivity contribution >= 4 is 0 Å². The third kappa shape index (κ3) is 4.79. The van der Waals surface area contributed by atoms with Crippen molar-refractivity contribution in [3.63, 3.8) is 0 Å². The zero-order chi connectivity index (χ0) is 16.0. The van der Waals surface area contributed by atoms with E-state index >= 15 is 0 Å². The lowest BCUT2D eigenvalue weighted by atomic mass is 9.94. The van der Waals surface area contributed by atoms with E-state index < -0.39 is 12.2 Å². The monoisotopic (exact) mass is 317 g/mol. The Labute approximate surface area is 128 Å². The topological polar surface area (TPSA) is 60.0 Å². The maximum atomic E-state index is 12.4. The minimum absolute atomic E-state index is 0.00146. The molecular weight excluding hydrogens is 296 g/mol. The lowest BCUT2D eigenvalue weighted by Crippen LogP contribution is -2.44. The second kappa shape index (κ2) is 7.71. The third-order valence-electron chi connectivity index (χ3n) is 3.65. The molecule has 1 aromatic carbocycles. The van der Waals surface area contributed by atoms with Crippen LogP contribution in [0.4, 0.5) is 8.78 Å². The van der Waals surface area contributed by atoms with Gasteiger partial charge >= 0.3 is 6.61 Å². The van der Waals surface area contributed by atoms with Gasteiger partial charge in [-0.05, 0) is 17.7 Å². The summed E-state index contributed by atoms with van der Waals surface area (Å²) >= 11 is 0. The number of hydrogen-bond acceptors (Lipinski definition) is 5. The van der Waals surface area contributed by atoms with Crippen molar-refractivity contribution in [2.45, 2.75) is 31.6 Å². The van der Waals surface area contributed by atoms with Crippen LogP contribution in [0.3, 0.4) is 0 Å². The summed E-state index contributed by atoms with van der Waals surface area (Å²) in [4.78, 5) is 0. The van der Waals surface area contributed by atoms with Crippen LogP contribution in [0.2, 0.25) is 0 Å². The predicted octanol–water partition coefficient (Wildman–Crippen LogP) is 1.93. The van der Waals surface area contributed by atoms with Crippen LogP contribution in [-0.4, -0.2) is 44.2 Å². The van der Waals surface area contributed by atoms with Gasteiger partial charge in [-0.25, -0.2) is 0 Å². The van der Waals surface area contributed by atoms with Crippen LogP contribution >= 0.6 is 0 Å². The van der Waals surface area contributed by atoms with Gasteiger partial charge in [0.25, 0.3) is 0 Å². The molecule has 0 saturated carbocycles. The Morgan fingerprint density at radius 2 is 2.05 bits per heavy atom. The SMILES string of the molecule is COc1ccc(CNCC2(O)CCOCC2)cc1OC(F)F. The summed E-state index contributed by atoms with van der Waals surface area (Å²) in [5, 5.41) is 13.5. The van der Waals surface area contributed by atoms with E-state index in [-0.39, 0.29) is 11.5 Å². The van der Waals surface area contributed by atoms with E-state index in [1.165, 1.54) is 13.2 Å². The van der Waals surface area contributed by atoms with Crippen molar-refractivity contribution in [3.8, 4) is 11.5 Å². The lowest BCUT2D eigenvalue weighted by Gasteiger charge is -2.32. The molecule has 22 heavy (non-hydrogen) atoms. The Morgan fingerprint density at radius 1 is 1.32 bits per heavy atom. The van der Waals surface area contributed by atoms with E-state index in [2.05, 4.69) is 10.1 Å². The highest BCUT2D eigenvalue weighted by molar-refractivity contribution is 5.43. The fourth-order valence-corrected chi connectivity index (χ4v) is 2.39. The van der Waals surface area contributed by atoms with Crippen molar-refractivity contribution in [2.24, 2.45) is 0 Å². The van der Waals surface area contributed by atoms with Crippen LogP contribution in [0, 0.1) is 0 Å². The first-order valence-corrected chi connectivity index (χ1v) is 7.15.